The van der Waals surface area contributed by atoms with Crippen LogP contribution in [0.4, 0.5) is 4.39 Å². The molecule has 1 atom stereocenters. The molecule has 1 unspecified atom stereocenters. The summed E-state index contributed by atoms with van der Waals surface area (Å²) in [7, 11) is 1.26. The van der Waals surface area contributed by atoms with Crippen LogP contribution in [0.15, 0.2) is 18.2 Å². The largest absolute Gasteiger partial charge is 0.494 e. The van der Waals surface area contributed by atoms with E-state index in [1.807, 2.05) is 4.90 Å². The number of sulfonamides is 1. The zero-order valence-electron chi connectivity index (χ0n) is 13.3. The summed E-state index contributed by atoms with van der Waals surface area (Å²) in [6, 6.07) is 5.03. The second-order valence-corrected chi connectivity index (χ2v) is 8.19. The van der Waals surface area contributed by atoms with Gasteiger partial charge in [-0.3, -0.25) is 4.90 Å². The maximum Gasteiger partial charge on any atom is 0.217 e. The molecule has 0 spiro atoms. The van der Waals surface area contributed by atoms with Crippen molar-refractivity contribution < 1.29 is 17.5 Å². The Morgan fingerprint density at radius 1 is 1.41 bits per heavy atom. The smallest absolute Gasteiger partial charge is 0.217 e. The second-order valence-electron chi connectivity index (χ2n) is 5.76. The summed E-state index contributed by atoms with van der Waals surface area (Å²) >= 11 is 0. The number of hydrogen-bond donors (Lipinski definition) is 0. The lowest BCUT2D eigenvalue weighted by atomic mass is 10.1. The van der Waals surface area contributed by atoms with E-state index in [1.165, 1.54) is 11.4 Å². The van der Waals surface area contributed by atoms with Crippen molar-refractivity contribution in [2.24, 2.45) is 0 Å². The molecule has 0 N–H and O–H groups in total. The molecule has 1 aliphatic heterocycles. The van der Waals surface area contributed by atoms with Gasteiger partial charge in [0, 0.05) is 32.7 Å². The summed E-state index contributed by atoms with van der Waals surface area (Å²) in [5, 5.41) is -0.426. The number of rotatable bonds is 5. The molecule has 7 heteroatoms. The van der Waals surface area contributed by atoms with Crippen LogP contribution in [0, 0.1) is 5.82 Å². The van der Waals surface area contributed by atoms with Crippen LogP contribution in [0.1, 0.15) is 18.4 Å². The van der Waals surface area contributed by atoms with Gasteiger partial charge >= 0.3 is 0 Å². The van der Waals surface area contributed by atoms with E-state index < -0.39 is 15.3 Å². The first-order chi connectivity index (χ1) is 10.4. The first kappa shape index (κ1) is 17.2. The Bertz CT molecular complexity index is 619. The fraction of sp³-hybridized carbons (Fsp3) is 0.600. The molecule has 0 bridgehead atoms. The highest BCUT2D eigenvalue weighted by molar-refractivity contribution is 7.89. The fourth-order valence-electron chi connectivity index (χ4n) is 2.77. The summed E-state index contributed by atoms with van der Waals surface area (Å²) in [6.07, 6.45) is 1.45. The van der Waals surface area contributed by atoms with Crippen LogP contribution in [0.5, 0.6) is 5.75 Å². The van der Waals surface area contributed by atoms with E-state index in [-0.39, 0.29) is 11.6 Å². The van der Waals surface area contributed by atoms with E-state index in [1.54, 1.807) is 32.3 Å². The molecule has 0 radical (unpaired) electrons. The third-order valence-corrected chi connectivity index (χ3v) is 6.29. The number of piperidine rings is 1. The summed E-state index contributed by atoms with van der Waals surface area (Å²) in [4.78, 5) is 1.99. The molecule has 5 nitrogen and oxygen atoms in total. The molecule has 0 aliphatic carbocycles. The molecule has 0 saturated carbocycles. The van der Waals surface area contributed by atoms with Gasteiger partial charge in [-0.25, -0.2) is 17.1 Å². The molecule has 1 saturated heterocycles. The predicted molar refractivity (Wildman–Crippen MR) is 83.9 cm³/mol. The van der Waals surface area contributed by atoms with E-state index in [2.05, 4.69) is 0 Å². The monoisotopic (exact) mass is 330 g/mol. The molecule has 124 valence electrons. The lowest BCUT2D eigenvalue weighted by Crippen LogP contribution is -2.45. The number of hydrogen-bond acceptors (Lipinski definition) is 4. The summed E-state index contributed by atoms with van der Waals surface area (Å²) in [5.74, 6) is -0.158. The third kappa shape index (κ3) is 3.59. The average molecular weight is 330 g/mol. The van der Waals surface area contributed by atoms with E-state index in [9.17, 15) is 12.8 Å². The average Bonchev–Trinajstić information content (AvgIpc) is 2.49. The van der Waals surface area contributed by atoms with Crippen molar-refractivity contribution >= 4 is 10.0 Å². The number of nitrogens with zero attached hydrogens (tertiary/aromatic N) is 2. The van der Waals surface area contributed by atoms with Gasteiger partial charge in [-0.1, -0.05) is 12.1 Å². The third-order valence-electron chi connectivity index (χ3n) is 4.05. The summed E-state index contributed by atoms with van der Waals surface area (Å²) in [6.45, 7) is 1.59. The highest BCUT2D eigenvalue weighted by Crippen LogP contribution is 2.24. The fourth-order valence-corrected chi connectivity index (χ4v) is 4.23. The van der Waals surface area contributed by atoms with Crippen molar-refractivity contribution in [1.29, 1.82) is 0 Å². The van der Waals surface area contributed by atoms with Gasteiger partial charge in [-0.2, -0.15) is 0 Å². The maximum absolute atomic E-state index is 14.2. The molecule has 2 rings (SSSR count). The lowest BCUT2D eigenvalue weighted by Gasteiger charge is -2.33. The molecular weight excluding hydrogens is 307 g/mol. The Hall–Kier alpha value is -1.18. The SMILES string of the molecule is COc1cccc(CN2CCCC(S(=O)(=O)N(C)C)C2)c1F. The number of benzene rings is 1. The Kier molecular flexibility index (Phi) is 5.41. The zero-order valence-corrected chi connectivity index (χ0v) is 14.1. The minimum atomic E-state index is -3.27. The van der Waals surface area contributed by atoms with E-state index in [0.29, 0.717) is 25.1 Å². The summed E-state index contributed by atoms with van der Waals surface area (Å²) < 4.78 is 45.0. The number of likely N-dealkylation sites (tertiary alicyclic amines) is 1. The van der Waals surface area contributed by atoms with Gasteiger partial charge in [0.2, 0.25) is 10.0 Å². The highest BCUT2D eigenvalue weighted by atomic mass is 32.2. The minimum Gasteiger partial charge on any atom is -0.494 e. The first-order valence-electron chi connectivity index (χ1n) is 7.31. The molecule has 22 heavy (non-hydrogen) atoms. The van der Waals surface area contributed by atoms with Crippen molar-refractivity contribution in [1.82, 2.24) is 9.21 Å². The number of methoxy groups -OCH3 is 1. The molecule has 1 fully saturated rings. The topological polar surface area (TPSA) is 49.9 Å². The van der Waals surface area contributed by atoms with Crippen molar-refractivity contribution in [3.63, 3.8) is 0 Å². The van der Waals surface area contributed by atoms with Crippen molar-refractivity contribution in [3.8, 4) is 5.75 Å². The standard InChI is InChI=1S/C15H23FN2O3S/c1-17(2)22(19,20)13-7-5-9-18(11-13)10-12-6-4-8-14(21-3)15(12)16/h4,6,8,13H,5,7,9-11H2,1-3H3. The minimum absolute atomic E-state index is 0.215. The van der Waals surface area contributed by atoms with Crippen LogP contribution < -0.4 is 4.74 Å². The lowest BCUT2D eigenvalue weighted by molar-refractivity contribution is 0.217. The molecule has 0 amide bonds. The van der Waals surface area contributed by atoms with Gasteiger partial charge in [0.25, 0.3) is 0 Å². The number of halogens is 1. The van der Waals surface area contributed by atoms with Crippen LogP contribution in [0.3, 0.4) is 0 Å². The molecule has 1 aliphatic rings. The van der Waals surface area contributed by atoms with E-state index in [4.69, 9.17) is 4.74 Å². The predicted octanol–water partition coefficient (Wildman–Crippen LogP) is 1.69. The normalized spacial score (nSPS) is 20.3. The van der Waals surface area contributed by atoms with Gasteiger partial charge in [0.05, 0.1) is 12.4 Å². The second kappa shape index (κ2) is 6.93. The molecule has 1 heterocycles. The van der Waals surface area contributed by atoms with Crippen LogP contribution in [0.2, 0.25) is 0 Å². The van der Waals surface area contributed by atoms with E-state index in [0.717, 1.165) is 13.0 Å². The highest BCUT2D eigenvalue weighted by Gasteiger charge is 2.32. The Balaban J connectivity index is 2.11. The summed E-state index contributed by atoms with van der Waals surface area (Å²) in [5.41, 5.74) is 0.530. The van der Waals surface area contributed by atoms with Crippen molar-refractivity contribution in [3.05, 3.63) is 29.6 Å². The van der Waals surface area contributed by atoms with Gasteiger partial charge in [-0.15, -0.1) is 0 Å². The van der Waals surface area contributed by atoms with Crippen molar-refractivity contribution in [2.75, 3.05) is 34.3 Å². The van der Waals surface area contributed by atoms with Crippen LogP contribution in [-0.2, 0) is 16.6 Å². The van der Waals surface area contributed by atoms with Crippen molar-refractivity contribution in [2.45, 2.75) is 24.6 Å². The van der Waals surface area contributed by atoms with Gasteiger partial charge in [0.1, 0.15) is 0 Å². The Morgan fingerprint density at radius 2 is 2.14 bits per heavy atom. The van der Waals surface area contributed by atoms with Gasteiger partial charge < -0.3 is 4.74 Å². The van der Waals surface area contributed by atoms with E-state index >= 15 is 0 Å². The van der Waals surface area contributed by atoms with Gasteiger partial charge in [0.15, 0.2) is 11.6 Å². The molecular formula is C15H23FN2O3S. The number of ether oxygens (including phenoxy) is 1. The van der Waals surface area contributed by atoms with Crippen LogP contribution in [0.25, 0.3) is 0 Å². The quantitative estimate of drug-likeness (QED) is 0.824. The van der Waals surface area contributed by atoms with Gasteiger partial charge in [-0.05, 0) is 25.5 Å². The Labute approximate surface area is 131 Å². The maximum atomic E-state index is 14.2. The molecule has 1 aromatic rings. The zero-order chi connectivity index (χ0) is 16.3. The molecule has 0 aromatic heterocycles. The first-order valence-corrected chi connectivity index (χ1v) is 8.81. The van der Waals surface area contributed by atoms with Crippen LogP contribution in [-0.4, -0.2) is 57.2 Å². The Morgan fingerprint density at radius 3 is 2.77 bits per heavy atom. The molecule has 1 aromatic carbocycles. The van der Waals surface area contributed by atoms with Crippen LogP contribution >= 0.6 is 0 Å².